The van der Waals surface area contributed by atoms with E-state index in [4.69, 9.17) is 0 Å². The van der Waals surface area contributed by atoms with Crippen molar-refractivity contribution in [2.75, 3.05) is 6.54 Å². The van der Waals surface area contributed by atoms with Gasteiger partial charge in [0.05, 0.1) is 33.3 Å². The number of rotatable bonds is 6. The van der Waals surface area contributed by atoms with Crippen molar-refractivity contribution in [3.05, 3.63) is 33.3 Å². The van der Waals surface area contributed by atoms with Gasteiger partial charge in [-0.05, 0) is 48.8 Å². The molecular weight excluding hydrogens is 330 g/mol. The summed E-state index contributed by atoms with van der Waals surface area (Å²) >= 11 is 3.66. The summed E-state index contributed by atoms with van der Waals surface area (Å²) < 4.78 is 5.04. The van der Waals surface area contributed by atoms with Gasteiger partial charge in [0.15, 0.2) is 0 Å². The van der Waals surface area contributed by atoms with Crippen LogP contribution in [0.15, 0.2) is 10.5 Å². The zero-order valence-corrected chi connectivity index (χ0v) is 15.0. The van der Waals surface area contributed by atoms with Crippen molar-refractivity contribution in [2.45, 2.75) is 39.7 Å². The Morgan fingerprint density at radius 2 is 1.95 bits per heavy atom. The quantitative estimate of drug-likeness (QED) is 0.868. The smallest absolute Gasteiger partial charge is 0.0738 e. The topological polar surface area (TPSA) is 47.7 Å². The molecule has 5 nitrogen and oxygen atoms in total. The van der Waals surface area contributed by atoms with Gasteiger partial charge in [0.1, 0.15) is 0 Å². The molecule has 0 radical (unpaired) electrons. The highest BCUT2D eigenvalue weighted by molar-refractivity contribution is 9.10. The first-order valence-electron chi connectivity index (χ1n) is 7.35. The molecule has 21 heavy (non-hydrogen) atoms. The van der Waals surface area contributed by atoms with Crippen LogP contribution in [-0.2, 0) is 20.5 Å². The summed E-state index contributed by atoms with van der Waals surface area (Å²) in [5.74, 6) is 0. The lowest BCUT2D eigenvalue weighted by Crippen LogP contribution is -2.27. The highest BCUT2D eigenvalue weighted by Gasteiger charge is 2.20. The molecule has 0 saturated heterocycles. The Balaban J connectivity index is 2.30. The average molecular weight is 354 g/mol. The average Bonchev–Trinajstić information content (AvgIpc) is 2.87. The molecule has 0 bridgehead atoms. The van der Waals surface area contributed by atoms with Crippen LogP contribution in [0.2, 0.25) is 0 Å². The van der Waals surface area contributed by atoms with Gasteiger partial charge >= 0.3 is 0 Å². The predicted octanol–water partition coefficient (Wildman–Crippen LogP) is 2.82. The van der Waals surface area contributed by atoms with E-state index in [-0.39, 0.29) is 6.04 Å². The van der Waals surface area contributed by atoms with Crippen LogP contribution in [0.1, 0.15) is 42.2 Å². The summed E-state index contributed by atoms with van der Waals surface area (Å²) in [4.78, 5) is 0. The van der Waals surface area contributed by atoms with Gasteiger partial charge in [0, 0.05) is 20.5 Å². The highest BCUT2D eigenvalue weighted by atomic mass is 79.9. The molecule has 0 saturated carbocycles. The Morgan fingerprint density at radius 1 is 1.24 bits per heavy atom. The second kappa shape index (κ2) is 6.75. The summed E-state index contributed by atoms with van der Waals surface area (Å²) in [5.41, 5.74) is 4.51. The van der Waals surface area contributed by atoms with E-state index in [0.29, 0.717) is 0 Å². The summed E-state index contributed by atoms with van der Waals surface area (Å²) in [5, 5.41) is 12.6. The Kier molecular flexibility index (Phi) is 5.22. The molecule has 2 aromatic rings. The zero-order valence-electron chi connectivity index (χ0n) is 13.4. The summed E-state index contributed by atoms with van der Waals surface area (Å²) in [6, 6.07) is 2.40. The summed E-state index contributed by atoms with van der Waals surface area (Å²) in [6.45, 7) is 7.23. The van der Waals surface area contributed by atoms with Crippen molar-refractivity contribution in [1.29, 1.82) is 0 Å². The van der Waals surface area contributed by atoms with Gasteiger partial charge in [-0.3, -0.25) is 9.36 Å². The van der Waals surface area contributed by atoms with E-state index < -0.39 is 0 Å². The molecule has 2 aromatic heterocycles. The molecule has 6 heteroatoms. The molecule has 0 spiro atoms. The van der Waals surface area contributed by atoms with E-state index >= 15 is 0 Å². The normalized spacial score (nSPS) is 12.9. The molecule has 0 aliphatic carbocycles. The highest BCUT2D eigenvalue weighted by Crippen LogP contribution is 2.26. The second-order valence-electron chi connectivity index (χ2n) is 5.51. The largest absolute Gasteiger partial charge is 0.308 e. The van der Waals surface area contributed by atoms with Gasteiger partial charge in [-0.15, -0.1) is 0 Å². The van der Waals surface area contributed by atoms with Gasteiger partial charge in [-0.2, -0.15) is 10.2 Å². The Hall–Kier alpha value is -1.14. The summed E-state index contributed by atoms with van der Waals surface area (Å²) in [6.07, 6.45) is 2.00. The van der Waals surface area contributed by atoms with Crippen molar-refractivity contribution in [1.82, 2.24) is 24.9 Å². The molecular formula is C15H24BrN5. The van der Waals surface area contributed by atoms with E-state index in [0.717, 1.165) is 35.2 Å². The van der Waals surface area contributed by atoms with Crippen molar-refractivity contribution in [2.24, 2.45) is 14.1 Å². The van der Waals surface area contributed by atoms with E-state index in [1.165, 1.54) is 11.4 Å². The number of nitrogens with one attached hydrogen (secondary N) is 1. The van der Waals surface area contributed by atoms with Crippen LogP contribution in [0, 0.1) is 13.8 Å². The van der Waals surface area contributed by atoms with Crippen molar-refractivity contribution < 1.29 is 0 Å². The van der Waals surface area contributed by atoms with Crippen LogP contribution in [-0.4, -0.2) is 26.1 Å². The molecule has 1 N–H and O–H groups in total. The first kappa shape index (κ1) is 16.2. The fraction of sp³-hybridized carbons (Fsp3) is 0.600. The molecule has 1 atom stereocenters. The maximum Gasteiger partial charge on any atom is 0.0738 e. The Bertz CT molecular complexity index is 614. The van der Waals surface area contributed by atoms with E-state index in [2.05, 4.69) is 44.4 Å². The van der Waals surface area contributed by atoms with Crippen molar-refractivity contribution in [3.63, 3.8) is 0 Å². The molecule has 0 aromatic carbocycles. The van der Waals surface area contributed by atoms with Crippen LogP contribution >= 0.6 is 15.9 Å². The van der Waals surface area contributed by atoms with Gasteiger partial charge in [0.25, 0.3) is 0 Å². The number of halogens is 1. The maximum atomic E-state index is 4.48. The molecule has 116 valence electrons. The van der Waals surface area contributed by atoms with Crippen molar-refractivity contribution in [3.8, 4) is 0 Å². The van der Waals surface area contributed by atoms with Crippen LogP contribution in [0.4, 0.5) is 0 Å². The number of nitrogens with zero attached hydrogens (tertiary/aromatic N) is 4. The lowest BCUT2D eigenvalue weighted by atomic mass is 10.1. The minimum atomic E-state index is 0.238. The minimum absolute atomic E-state index is 0.238. The van der Waals surface area contributed by atoms with Crippen LogP contribution < -0.4 is 5.32 Å². The first-order valence-corrected chi connectivity index (χ1v) is 8.15. The number of aromatic nitrogens is 4. The third-order valence-electron chi connectivity index (χ3n) is 3.70. The number of hydrogen-bond donors (Lipinski definition) is 1. The number of aryl methyl sites for hydroxylation is 4. The zero-order chi connectivity index (χ0) is 15.6. The molecule has 1 unspecified atom stereocenters. The van der Waals surface area contributed by atoms with Crippen LogP contribution in [0.5, 0.6) is 0 Å². The predicted molar refractivity (Wildman–Crippen MR) is 88.3 cm³/mol. The molecule has 0 fully saturated rings. The van der Waals surface area contributed by atoms with Crippen LogP contribution in [0.3, 0.4) is 0 Å². The van der Waals surface area contributed by atoms with Crippen molar-refractivity contribution >= 4 is 15.9 Å². The van der Waals surface area contributed by atoms with Gasteiger partial charge in [-0.1, -0.05) is 6.92 Å². The molecule has 0 aliphatic heterocycles. The van der Waals surface area contributed by atoms with Gasteiger partial charge in [-0.25, -0.2) is 0 Å². The molecule has 2 rings (SSSR count). The monoisotopic (exact) mass is 353 g/mol. The maximum absolute atomic E-state index is 4.48. The van der Waals surface area contributed by atoms with E-state index in [1.54, 1.807) is 0 Å². The third kappa shape index (κ3) is 3.55. The fourth-order valence-corrected chi connectivity index (χ4v) is 3.15. The van der Waals surface area contributed by atoms with E-state index in [1.807, 2.05) is 37.3 Å². The lowest BCUT2D eigenvalue weighted by molar-refractivity contribution is 0.480. The van der Waals surface area contributed by atoms with E-state index in [9.17, 15) is 0 Å². The molecule has 2 heterocycles. The molecule has 0 amide bonds. The third-order valence-corrected chi connectivity index (χ3v) is 4.73. The second-order valence-corrected chi connectivity index (χ2v) is 6.31. The first-order chi connectivity index (χ1) is 9.93. The van der Waals surface area contributed by atoms with Gasteiger partial charge < -0.3 is 5.32 Å². The van der Waals surface area contributed by atoms with Crippen LogP contribution in [0.25, 0.3) is 0 Å². The summed E-state index contributed by atoms with van der Waals surface area (Å²) in [7, 11) is 4.00. The van der Waals surface area contributed by atoms with Gasteiger partial charge in [0.2, 0.25) is 0 Å². The SMILES string of the molecule is CCCNC(Cc1c(Br)c(C)nn1C)c1cc(C)nn1C. The fourth-order valence-electron chi connectivity index (χ4n) is 2.65. The number of hydrogen-bond acceptors (Lipinski definition) is 3. The molecule has 0 aliphatic rings. The lowest BCUT2D eigenvalue weighted by Gasteiger charge is -2.19. The standard InChI is InChI=1S/C15H24BrN5/c1-6-7-17-12(13-8-10(2)18-20(13)4)9-14-15(16)11(3)19-21(14)5/h8,12,17H,6-7,9H2,1-5H3. The minimum Gasteiger partial charge on any atom is -0.308 e. The Labute approximate surface area is 134 Å². The Morgan fingerprint density at radius 3 is 2.43 bits per heavy atom.